The lowest BCUT2D eigenvalue weighted by Crippen LogP contribution is -2.25. The zero-order valence-electron chi connectivity index (χ0n) is 15.2. The van der Waals surface area contributed by atoms with Crippen LogP contribution in [0.15, 0.2) is 67.0 Å². The van der Waals surface area contributed by atoms with Gasteiger partial charge in [-0.1, -0.05) is 30.3 Å². The molecule has 2 amide bonds. The summed E-state index contributed by atoms with van der Waals surface area (Å²) in [5.41, 5.74) is 3.62. The van der Waals surface area contributed by atoms with Crippen molar-refractivity contribution in [3.8, 4) is 5.69 Å². The van der Waals surface area contributed by atoms with Crippen molar-refractivity contribution in [2.45, 2.75) is 19.9 Å². The van der Waals surface area contributed by atoms with Crippen molar-refractivity contribution >= 4 is 11.8 Å². The molecule has 0 spiro atoms. The van der Waals surface area contributed by atoms with Crippen molar-refractivity contribution in [1.82, 2.24) is 20.4 Å². The number of benzene rings is 2. The Morgan fingerprint density at radius 3 is 2.41 bits per heavy atom. The first kappa shape index (κ1) is 18.4. The Kier molecular flexibility index (Phi) is 5.99. The zero-order valence-corrected chi connectivity index (χ0v) is 15.2. The minimum atomic E-state index is -0.114. The van der Waals surface area contributed by atoms with E-state index in [0.29, 0.717) is 25.1 Å². The quantitative estimate of drug-likeness (QED) is 0.678. The largest absolute Gasteiger partial charge is 0.352 e. The van der Waals surface area contributed by atoms with E-state index in [4.69, 9.17) is 0 Å². The Morgan fingerprint density at radius 2 is 1.70 bits per heavy atom. The molecule has 3 rings (SSSR count). The normalized spacial score (nSPS) is 10.4. The molecule has 0 aliphatic heterocycles. The predicted molar refractivity (Wildman–Crippen MR) is 104 cm³/mol. The molecule has 0 unspecified atom stereocenters. The van der Waals surface area contributed by atoms with Crippen LogP contribution in [0.4, 0.5) is 0 Å². The molecule has 2 aromatic carbocycles. The van der Waals surface area contributed by atoms with Gasteiger partial charge in [0.05, 0.1) is 11.9 Å². The van der Waals surface area contributed by atoms with Crippen molar-refractivity contribution in [2.75, 3.05) is 6.54 Å². The van der Waals surface area contributed by atoms with Crippen molar-refractivity contribution in [1.29, 1.82) is 0 Å². The number of nitrogens with one attached hydrogen (secondary N) is 2. The van der Waals surface area contributed by atoms with Gasteiger partial charge in [-0.05, 0) is 41.8 Å². The number of hydrogen-bond acceptors (Lipinski definition) is 3. The second-order valence-corrected chi connectivity index (χ2v) is 6.24. The summed E-state index contributed by atoms with van der Waals surface area (Å²) in [6.45, 7) is 2.47. The average Bonchev–Trinajstić information content (AvgIpc) is 3.16. The number of carbonyl (C=O) groups excluding carboxylic acids is 2. The van der Waals surface area contributed by atoms with E-state index < -0.39 is 0 Å². The molecule has 0 saturated carbocycles. The fourth-order valence-corrected chi connectivity index (χ4v) is 2.63. The SMILES string of the molecule is CC(=O)NCc1ccc(C(=O)NCCc2cnn(-c3ccccc3)c2)cc1. The van der Waals surface area contributed by atoms with Crippen LogP contribution in [0.1, 0.15) is 28.4 Å². The monoisotopic (exact) mass is 362 g/mol. The molecule has 138 valence electrons. The van der Waals surface area contributed by atoms with E-state index in [0.717, 1.165) is 16.8 Å². The van der Waals surface area contributed by atoms with Crippen LogP contribution in [0.3, 0.4) is 0 Å². The first-order chi connectivity index (χ1) is 13.1. The molecular formula is C21H22N4O2. The van der Waals surface area contributed by atoms with Crippen LogP contribution in [0.25, 0.3) is 5.69 Å². The summed E-state index contributed by atoms with van der Waals surface area (Å²) in [7, 11) is 0. The molecule has 0 fully saturated rings. The van der Waals surface area contributed by atoms with Gasteiger partial charge in [0.2, 0.25) is 5.91 Å². The number of nitrogens with zero attached hydrogens (tertiary/aromatic N) is 2. The number of amides is 2. The van der Waals surface area contributed by atoms with Gasteiger partial charge in [0, 0.05) is 31.8 Å². The molecule has 6 heteroatoms. The summed E-state index contributed by atoms with van der Waals surface area (Å²) in [4.78, 5) is 23.2. The maximum atomic E-state index is 12.2. The van der Waals surface area contributed by atoms with Gasteiger partial charge in [-0.15, -0.1) is 0 Å². The fourth-order valence-electron chi connectivity index (χ4n) is 2.63. The lowest BCUT2D eigenvalue weighted by atomic mass is 10.1. The van der Waals surface area contributed by atoms with Crippen LogP contribution in [0, 0.1) is 0 Å². The predicted octanol–water partition coefficient (Wildman–Crippen LogP) is 2.48. The van der Waals surface area contributed by atoms with Crippen LogP contribution in [0.2, 0.25) is 0 Å². The molecule has 2 N–H and O–H groups in total. The van der Waals surface area contributed by atoms with Crippen LogP contribution >= 0.6 is 0 Å². The number of carbonyl (C=O) groups is 2. The molecule has 0 aliphatic rings. The molecule has 1 aromatic heterocycles. The molecule has 1 heterocycles. The molecule has 0 bridgehead atoms. The van der Waals surface area contributed by atoms with Crippen LogP contribution in [0.5, 0.6) is 0 Å². The van der Waals surface area contributed by atoms with E-state index in [2.05, 4.69) is 15.7 Å². The Balaban J connectivity index is 1.48. The molecular weight excluding hydrogens is 340 g/mol. The molecule has 0 saturated heterocycles. The standard InChI is InChI=1S/C21H22N4O2/c1-16(26)23-13-17-7-9-19(10-8-17)21(27)22-12-11-18-14-24-25(15-18)20-5-3-2-4-6-20/h2-10,14-15H,11-13H2,1H3,(H,22,27)(H,23,26). The molecule has 0 aliphatic carbocycles. The summed E-state index contributed by atoms with van der Waals surface area (Å²) in [5.74, 6) is -0.191. The lowest BCUT2D eigenvalue weighted by molar-refractivity contribution is -0.119. The van der Waals surface area contributed by atoms with Crippen LogP contribution in [-0.2, 0) is 17.8 Å². The van der Waals surface area contributed by atoms with E-state index in [9.17, 15) is 9.59 Å². The summed E-state index contributed by atoms with van der Waals surface area (Å²) in [6.07, 6.45) is 4.49. The summed E-state index contributed by atoms with van der Waals surface area (Å²) < 4.78 is 1.82. The summed E-state index contributed by atoms with van der Waals surface area (Å²) in [5, 5.41) is 10.0. The van der Waals surface area contributed by atoms with E-state index in [-0.39, 0.29) is 11.8 Å². The second-order valence-electron chi connectivity index (χ2n) is 6.24. The Morgan fingerprint density at radius 1 is 0.963 bits per heavy atom. The smallest absolute Gasteiger partial charge is 0.251 e. The second kappa shape index (κ2) is 8.80. The first-order valence-corrected chi connectivity index (χ1v) is 8.82. The zero-order chi connectivity index (χ0) is 19.1. The molecule has 0 radical (unpaired) electrons. The number of hydrogen-bond donors (Lipinski definition) is 2. The van der Waals surface area contributed by atoms with Crippen molar-refractivity contribution in [3.63, 3.8) is 0 Å². The Labute approximate surface area is 158 Å². The maximum Gasteiger partial charge on any atom is 0.251 e. The minimum Gasteiger partial charge on any atom is -0.352 e. The average molecular weight is 362 g/mol. The molecule has 6 nitrogen and oxygen atoms in total. The summed E-state index contributed by atoms with van der Waals surface area (Å²) in [6, 6.07) is 17.1. The Bertz CT molecular complexity index is 901. The van der Waals surface area contributed by atoms with Gasteiger partial charge in [-0.2, -0.15) is 5.10 Å². The van der Waals surface area contributed by atoms with Gasteiger partial charge >= 0.3 is 0 Å². The number of rotatable bonds is 7. The molecule has 0 atom stereocenters. The van der Waals surface area contributed by atoms with Crippen LogP contribution < -0.4 is 10.6 Å². The van der Waals surface area contributed by atoms with E-state index >= 15 is 0 Å². The highest BCUT2D eigenvalue weighted by Gasteiger charge is 2.06. The molecule has 3 aromatic rings. The van der Waals surface area contributed by atoms with Gasteiger partial charge in [0.15, 0.2) is 0 Å². The van der Waals surface area contributed by atoms with Crippen molar-refractivity contribution in [2.24, 2.45) is 0 Å². The summed E-state index contributed by atoms with van der Waals surface area (Å²) >= 11 is 0. The number of para-hydroxylation sites is 1. The van der Waals surface area contributed by atoms with E-state index in [1.54, 1.807) is 12.1 Å². The van der Waals surface area contributed by atoms with E-state index in [1.165, 1.54) is 6.92 Å². The van der Waals surface area contributed by atoms with Gasteiger partial charge in [0.25, 0.3) is 5.91 Å². The lowest BCUT2D eigenvalue weighted by Gasteiger charge is -2.06. The Hall–Kier alpha value is -3.41. The van der Waals surface area contributed by atoms with E-state index in [1.807, 2.05) is 59.5 Å². The highest BCUT2D eigenvalue weighted by Crippen LogP contribution is 2.08. The van der Waals surface area contributed by atoms with Crippen molar-refractivity contribution < 1.29 is 9.59 Å². The van der Waals surface area contributed by atoms with Gasteiger partial charge in [-0.25, -0.2) is 4.68 Å². The van der Waals surface area contributed by atoms with Crippen LogP contribution in [-0.4, -0.2) is 28.1 Å². The molecule has 27 heavy (non-hydrogen) atoms. The first-order valence-electron chi connectivity index (χ1n) is 8.82. The highest BCUT2D eigenvalue weighted by atomic mass is 16.2. The topological polar surface area (TPSA) is 76.0 Å². The maximum absolute atomic E-state index is 12.2. The van der Waals surface area contributed by atoms with Gasteiger partial charge in [-0.3, -0.25) is 9.59 Å². The highest BCUT2D eigenvalue weighted by molar-refractivity contribution is 5.94. The third-order valence-electron chi connectivity index (χ3n) is 4.11. The van der Waals surface area contributed by atoms with Gasteiger partial charge in [0.1, 0.15) is 0 Å². The van der Waals surface area contributed by atoms with Crippen molar-refractivity contribution in [3.05, 3.63) is 83.7 Å². The fraction of sp³-hybridized carbons (Fsp3) is 0.190. The third kappa shape index (κ3) is 5.28. The minimum absolute atomic E-state index is 0.0765. The van der Waals surface area contributed by atoms with Gasteiger partial charge < -0.3 is 10.6 Å². The number of aromatic nitrogens is 2. The third-order valence-corrected chi connectivity index (χ3v) is 4.11.